The van der Waals surface area contributed by atoms with Gasteiger partial charge in [0.2, 0.25) is 5.78 Å². The van der Waals surface area contributed by atoms with Gasteiger partial charge in [-0.25, -0.2) is 13.6 Å². The number of carbonyl (C=O) groups excluding carboxylic acids is 2. The summed E-state index contributed by atoms with van der Waals surface area (Å²) in [4.78, 5) is 25.6. The SMILES string of the molecule is C[C@H]1CCc2sc(C(=O)OCC(=O)c3cc(F)ccc3F)cc2C1. The van der Waals surface area contributed by atoms with Crippen LogP contribution in [0.4, 0.5) is 8.78 Å². The summed E-state index contributed by atoms with van der Waals surface area (Å²) in [5.41, 5.74) is 0.746. The van der Waals surface area contributed by atoms with Crippen LogP contribution in [0.3, 0.4) is 0 Å². The van der Waals surface area contributed by atoms with Gasteiger partial charge in [0.1, 0.15) is 16.5 Å². The van der Waals surface area contributed by atoms with E-state index in [1.54, 1.807) is 0 Å². The first kappa shape index (κ1) is 16.8. The summed E-state index contributed by atoms with van der Waals surface area (Å²) in [6, 6.07) is 4.41. The fraction of sp³-hybridized carbons (Fsp3) is 0.333. The zero-order valence-corrected chi connectivity index (χ0v) is 13.9. The number of halogens is 2. The van der Waals surface area contributed by atoms with E-state index in [1.807, 2.05) is 6.07 Å². The summed E-state index contributed by atoms with van der Waals surface area (Å²) in [5, 5.41) is 0. The van der Waals surface area contributed by atoms with Crippen molar-refractivity contribution in [2.24, 2.45) is 5.92 Å². The molecule has 24 heavy (non-hydrogen) atoms. The fourth-order valence-electron chi connectivity index (χ4n) is 2.80. The minimum Gasteiger partial charge on any atom is -0.453 e. The second-order valence-electron chi connectivity index (χ2n) is 6.03. The van der Waals surface area contributed by atoms with Crippen LogP contribution < -0.4 is 0 Å². The molecule has 0 radical (unpaired) electrons. The molecule has 1 aromatic carbocycles. The van der Waals surface area contributed by atoms with Crippen LogP contribution >= 0.6 is 11.3 Å². The highest BCUT2D eigenvalue weighted by molar-refractivity contribution is 7.14. The number of ketones is 1. The third-order valence-corrected chi connectivity index (χ3v) is 5.31. The van der Waals surface area contributed by atoms with Gasteiger partial charge in [0.25, 0.3) is 0 Å². The summed E-state index contributed by atoms with van der Waals surface area (Å²) < 4.78 is 31.6. The van der Waals surface area contributed by atoms with Crippen LogP contribution in [0.1, 0.15) is 43.8 Å². The molecule has 0 unspecified atom stereocenters. The molecule has 0 aliphatic heterocycles. The maximum Gasteiger partial charge on any atom is 0.348 e. The van der Waals surface area contributed by atoms with Crippen molar-refractivity contribution < 1.29 is 23.1 Å². The minimum atomic E-state index is -0.835. The summed E-state index contributed by atoms with van der Waals surface area (Å²) >= 11 is 1.38. The molecule has 3 rings (SSSR count). The Balaban J connectivity index is 1.65. The monoisotopic (exact) mass is 350 g/mol. The summed E-state index contributed by atoms with van der Waals surface area (Å²) in [6.45, 7) is 1.56. The average molecular weight is 350 g/mol. The molecule has 0 spiro atoms. The molecule has 1 heterocycles. The highest BCUT2D eigenvalue weighted by atomic mass is 32.1. The van der Waals surface area contributed by atoms with Gasteiger partial charge in [-0.2, -0.15) is 0 Å². The molecule has 0 amide bonds. The normalized spacial score (nSPS) is 16.5. The van der Waals surface area contributed by atoms with E-state index in [4.69, 9.17) is 4.74 Å². The minimum absolute atomic E-state index is 0.415. The number of fused-ring (bicyclic) bond motifs is 1. The molecule has 1 aliphatic carbocycles. The Kier molecular flexibility index (Phi) is 4.76. The van der Waals surface area contributed by atoms with Crippen LogP contribution in [-0.2, 0) is 17.6 Å². The summed E-state index contributed by atoms with van der Waals surface area (Å²) in [7, 11) is 0. The van der Waals surface area contributed by atoms with Crippen molar-refractivity contribution in [1.82, 2.24) is 0 Å². The van der Waals surface area contributed by atoms with Crippen LogP contribution in [0.25, 0.3) is 0 Å². The summed E-state index contributed by atoms with van der Waals surface area (Å²) in [5.74, 6) is -2.33. The van der Waals surface area contributed by atoms with Crippen LogP contribution in [0.15, 0.2) is 24.3 Å². The Morgan fingerprint density at radius 3 is 2.88 bits per heavy atom. The lowest BCUT2D eigenvalue weighted by atomic mass is 9.90. The number of benzene rings is 1. The van der Waals surface area contributed by atoms with Gasteiger partial charge in [-0.3, -0.25) is 4.79 Å². The predicted molar refractivity (Wildman–Crippen MR) is 86.5 cm³/mol. The van der Waals surface area contributed by atoms with E-state index in [0.717, 1.165) is 43.0 Å². The van der Waals surface area contributed by atoms with Gasteiger partial charge in [-0.15, -0.1) is 11.3 Å². The maximum atomic E-state index is 13.5. The standard InChI is InChI=1S/C18H16F2O3S/c1-10-2-5-16-11(6-10)7-17(24-16)18(22)23-9-15(21)13-8-12(19)3-4-14(13)20/h3-4,7-8,10H,2,5-6,9H2,1H3/t10-/m0/s1. The topological polar surface area (TPSA) is 43.4 Å². The average Bonchev–Trinajstić information content (AvgIpc) is 2.97. The van der Waals surface area contributed by atoms with E-state index in [-0.39, 0.29) is 0 Å². The number of thiophene rings is 1. The van der Waals surface area contributed by atoms with Crippen molar-refractivity contribution >= 4 is 23.1 Å². The zero-order valence-electron chi connectivity index (χ0n) is 13.1. The molecule has 0 saturated heterocycles. The third kappa shape index (κ3) is 3.53. The molecule has 6 heteroatoms. The van der Waals surface area contributed by atoms with Crippen LogP contribution in [0.2, 0.25) is 0 Å². The number of aryl methyl sites for hydroxylation is 1. The largest absolute Gasteiger partial charge is 0.453 e. The second kappa shape index (κ2) is 6.81. The number of Topliss-reactive ketones (excluding diaryl/α,β-unsaturated/α-hetero) is 1. The van der Waals surface area contributed by atoms with Crippen molar-refractivity contribution in [3.63, 3.8) is 0 Å². The lowest BCUT2D eigenvalue weighted by molar-refractivity contribution is 0.0478. The molecule has 0 saturated carbocycles. The molecule has 1 aliphatic rings. The van der Waals surface area contributed by atoms with Gasteiger partial charge >= 0.3 is 5.97 Å². The third-order valence-electron chi connectivity index (χ3n) is 4.09. The summed E-state index contributed by atoms with van der Waals surface area (Å²) in [6.07, 6.45) is 2.98. The predicted octanol–water partition coefficient (Wildman–Crippen LogP) is 4.19. The first-order valence-corrected chi connectivity index (χ1v) is 8.52. The Morgan fingerprint density at radius 1 is 1.29 bits per heavy atom. The fourth-order valence-corrected chi connectivity index (χ4v) is 3.90. The molecule has 0 N–H and O–H groups in total. The lowest BCUT2D eigenvalue weighted by Gasteiger charge is -2.16. The van der Waals surface area contributed by atoms with Crippen molar-refractivity contribution in [3.8, 4) is 0 Å². The van der Waals surface area contributed by atoms with Crippen molar-refractivity contribution in [2.75, 3.05) is 6.61 Å². The number of ether oxygens (including phenoxy) is 1. The number of carbonyl (C=O) groups is 2. The van der Waals surface area contributed by atoms with Gasteiger partial charge in [-0.05, 0) is 55.0 Å². The van der Waals surface area contributed by atoms with E-state index >= 15 is 0 Å². The van der Waals surface area contributed by atoms with Gasteiger partial charge in [0, 0.05) is 4.88 Å². The zero-order chi connectivity index (χ0) is 17.3. The number of hydrogen-bond acceptors (Lipinski definition) is 4. The Hall–Kier alpha value is -2.08. The molecule has 0 fully saturated rings. The molecule has 0 bridgehead atoms. The molecular weight excluding hydrogens is 334 g/mol. The highest BCUT2D eigenvalue weighted by Gasteiger charge is 2.22. The van der Waals surface area contributed by atoms with Gasteiger partial charge in [0.15, 0.2) is 6.61 Å². The Bertz CT molecular complexity index is 798. The van der Waals surface area contributed by atoms with Crippen LogP contribution in [-0.4, -0.2) is 18.4 Å². The van der Waals surface area contributed by atoms with Gasteiger partial charge < -0.3 is 4.74 Å². The van der Waals surface area contributed by atoms with E-state index in [1.165, 1.54) is 16.2 Å². The van der Waals surface area contributed by atoms with Gasteiger partial charge in [0.05, 0.1) is 5.56 Å². The molecule has 126 valence electrons. The first-order valence-electron chi connectivity index (χ1n) is 7.71. The van der Waals surface area contributed by atoms with Crippen molar-refractivity contribution in [2.45, 2.75) is 26.2 Å². The van der Waals surface area contributed by atoms with E-state index in [9.17, 15) is 18.4 Å². The first-order chi connectivity index (χ1) is 11.4. The maximum absolute atomic E-state index is 13.5. The Morgan fingerprint density at radius 2 is 2.08 bits per heavy atom. The van der Waals surface area contributed by atoms with Crippen LogP contribution in [0, 0.1) is 17.6 Å². The van der Waals surface area contributed by atoms with E-state index in [2.05, 4.69) is 6.92 Å². The quantitative estimate of drug-likeness (QED) is 0.613. The van der Waals surface area contributed by atoms with Crippen molar-refractivity contribution in [3.05, 3.63) is 56.8 Å². The second-order valence-corrected chi connectivity index (χ2v) is 7.17. The molecule has 2 aromatic rings. The molecular formula is C18H16F2O3S. The van der Waals surface area contributed by atoms with Gasteiger partial charge in [-0.1, -0.05) is 6.92 Å². The Labute approximate surface area is 142 Å². The number of esters is 1. The molecule has 3 nitrogen and oxygen atoms in total. The van der Waals surface area contributed by atoms with E-state index < -0.39 is 35.6 Å². The van der Waals surface area contributed by atoms with E-state index in [0.29, 0.717) is 10.8 Å². The van der Waals surface area contributed by atoms with Crippen LogP contribution in [0.5, 0.6) is 0 Å². The highest BCUT2D eigenvalue weighted by Crippen LogP contribution is 2.32. The smallest absolute Gasteiger partial charge is 0.348 e. The molecule has 1 atom stereocenters. The number of hydrogen-bond donors (Lipinski definition) is 0. The molecule has 1 aromatic heterocycles. The number of rotatable bonds is 4. The van der Waals surface area contributed by atoms with Crippen molar-refractivity contribution in [1.29, 1.82) is 0 Å². The lowest BCUT2D eigenvalue weighted by Crippen LogP contribution is -2.15.